The summed E-state index contributed by atoms with van der Waals surface area (Å²) in [5.41, 5.74) is 11.6. The van der Waals surface area contributed by atoms with Crippen molar-refractivity contribution in [3.8, 4) is 0 Å². The maximum atomic E-state index is 11.4. The molecule has 0 unspecified atom stereocenters. The van der Waals surface area contributed by atoms with Crippen LogP contribution in [0.5, 0.6) is 0 Å². The summed E-state index contributed by atoms with van der Waals surface area (Å²) in [6.07, 6.45) is 0. The highest BCUT2D eigenvalue weighted by atomic mass is 16.5. The number of esters is 2. The molecule has 0 atom stereocenters. The van der Waals surface area contributed by atoms with Gasteiger partial charge in [-0.25, -0.2) is 14.4 Å². The normalized spacial score (nSPS) is 9.69. The summed E-state index contributed by atoms with van der Waals surface area (Å²) in [6.45, 7) is 18.7. The van der Waals surface area contributed by atoms with Crippen molar-refractivity contribution in [1.82, 2.24) is 0 Å². The van der Waals surface area contributed by atoms with Crippen LogP contribution in [0.1, 0.15) is 56.8 Å². The monoisotopic (exact) mass is 396 g/mol. The zero-order valence-electron chi connectivity index (χ0n) is 17.9. The second-order valence-electron chi connectivity index (χ2n) is 6.54. The minimum absolute atomic E-state index is 0.293. The number of carbonyl (C=O) groups excluding carboxylic acids is 2. The Hall–Kier alpha value is -3.33. The fourth-order valence-electron chi connectivity index (χ4n) is 2.77. The van der Waals surface area contributed by atoms with Crippen LogP contribution in [-0.4, -0.2) is 25.2 Å². The minimum Gasteiger partial charge on any atom is -0.462 e. The van der Waals surface area contributed by atoms with Gasteiger partial charge in [0.1, 0.15) is 0 Å². The van der Waals surface area contributed by atoms with Gasteiger partial charge >= 0.3 is 11.9 Å². The van der Waals surface area contributed by atoms with Crippen LogP contribution in [0.2, 0.25) is 0 Å². The third-order valence-electron chi connectivity index (χ3n) is 4.22. The molecule has 0 aliphatic carbocycles. The first-order chi connectivity index (χ1) is 13.7. The molecular weight excluding hydrogens is 368 g/mol. The molecule has 6 nitrogen and oxygen atoms in total. The smallest absolute Gasteiger partial charge is 0.338 e. The van der Waals surface area contributed by atoms with Crippen LogP contribution < -0.4 is 5.73 Å². The summed E-state index contributed by atoms with van der Waals surface area (Å²) < 4.78 is 9.79. The van der Waals surface area contributed by atoms with E-state index < -0.39 is 0 Å². The van der Waals surface area contributed by atoms with E-state index in [0.717, 1.165) is 27.9 Å². The molecule has 0 aliphatic heterocycles. The Morgan fingerprint density at radius 1 is 0.828 bits per heavy atom. The van der Waals surface area contributed by atoms with E-state index in [1.54, 1.807) is 38.1 Å². The molecule has 0 saturated carbocycles. The van der Waals surface area contributed by atoms with Crippen molar-refractivity contribution in [2.24, 2.45) is 0 Å². The second-order valence-corrected chi connectivity index (χ2v) is 6.54. The summed E-state index contributed by atoms with van der Waals surface area (Å²) in [5.74, 6) is -0.626. The largest absolute Gasteiger partial charge is 0.462 e. The van der Waals surface area contributed by atoms with Crippen molar-refractivity contribution in [2.75, 3.05) is 18.9 Å². The minimum atomic E-state index is -0.333. The highest BCUT2D eigenvalue weighted by Gasteiger charge is 2.11. The van der Waals surface area contributed by atoms with E-state index in [9.17, 15) is 9.59 Å². The van der Waals surface area contributed by atoms with E-state index in [2.05, 4.69) is 4.85 Å². The van der Waals surface area contributed by atoms with Gasteiger partial charge in [0.25, 0.3) is 0 Å². The lowest BCUT2D eigenvalue weighted by molar-refractivity contribution is 0.0516. The number of nitrogens with zero attached hydrogens (tertiary/aromatic N) is 1. The number of nitrogens with two attached hydrogens (primary N) is 1. The summed E-state index contributed by atoms with van der Waals surface area (Å²) in [7, 11) is 0. The lowest BCUT2D eigenvalue weighted by Gasteiger charge is -2.07. The van der Waals surface area contributed by atoms with Crippen LogP contribution in [0.15, 0.2) is 24.3 Å². The van der Waals surface area contributed by atoms with E-state index in [4.69, 9.17) is 21.8 Å². The van der Waals surface area contributed by atoms with Crippen LogP contribution in [0.3, 0.4) is 0 Å². The Balaban J connectivity index is 0.000000291. The fourth-order valence-corrected chi connectivity index (χ4v) is 2.77. The van der Waals surface area contributed by atoms with Gasteiger partial charge in [-0.05, 0) is 75.9 Å². The van der Waals surface area contributed by atoms with E-state index in [1.165, 1.54) is 0 Å². The molecule has 2 aromatic carbocycles. The highest BCUT2D eigenvalue weighted by Crippen LogP contribution is 2.25. The molecule has 2 aromatic rings. The van der Waals surface area contributed by atoms with Crippen LogP contribution in [0.25, 0.3) is 4.85 Å². The van der Waals surface area contributed by atoms with Crippen LogP contribution in [-0.2, 0) is 9.47 Å². The van der Waals surface area contributed by atoms with Crippen molar-refractivity contribution in [3.05, 3.63) is 69.1 Å². The molecule has 2 N–H and O–H groups in total. The number of carbonyl (C=O) groups is 2. The third kappa shape index (κ3) is 6.35. The molecule has 0 aromatic heterocycles. The van der Waals surface area contributed by atoms with Gasteiger partial charge in [0.05, 0.1) is 30.9 Å². The zero-order chi connectivity index (χ0) is 22.1. The number of anilines is 1. The van der Waals surface area contributed by atoms with Crippen molar-refractivity contribution >= 4 is 23.3 Å². The number of hydrogen-bond acceptors (Lipinski definition) is 5. The van der Waals surface area contributed by atoms with Crippen molar-refractivity contribution in [1.29, 1.82) is 0 Å². The number of nitrogen functional groups attached to an aromatic ring is 1. The first-order valence-electron chi connectivity index (χ1n) is 9.35. The summed E-state index contributed by atoms with van der Waals surface area (Å²) in [5, 5.41) is 0. The van der Waals surface area contributed by atoms with Gasteiger partial charge in [0.2, 0.25) is 0 Å². The predicted octanol–water partition coefficient (Wildman–Crippen LogP) is 5.09. The molecule has 0 heterocycles. The van der Waals surface area contributed by atoms with Crippen LogP contribution in [0, 0.1) is 34.3 Å². The zero-order valence-corrected chi connectivity index (χ0v) is 17.9. The van der Waals surface area contributed by atoms with Gasteiger partial charge in [0, 0.05) is 5.69 Å². The molecule has 0 bridgehead atoms. The molecule has 0 spiro atoms. The fraction of sp³-hybridized carbons (Fsp3) is 0.348. The molecule has 0 amide bonds. The van der Waals surface area contributed by atoms with Crippen molar-refractivity contribution < 1.29 is 19.1 Å². The summed E-state index contributed by atoms with van der Waals surface area (Å²) in [6, 6.07) is 6.89. The van der Waals surface area contributed by atoms with Gasteiger partial charge in [-0.15, -0.1) is 0 Å². The van der Waals surface area contributed by atoms with Gasteiger partial charge in [-0.1, -0.05) is 12.1 Å². The number of hydrogen-bond donors (Lipinski definition) is 1. The highest BCUT2D eigenvalue weighted by molar-refractivity contribution is 5.91. The molecule has 0 saturated heterocycles. The maximum absolute atomic E-state index is 11.4. The van der Waals surface area contributed by atoms with Gasteiger partial charge in [-0.3, -0.25) is 0 Å². The van der Waals surface area contributed by atoms with E-state index in [-0.39, 0.29) is 11.9 Å². The number of benzene rings is 2. The molecule has 0 aliphatic rings. The van der Waals surface area contributed by atoms with Gasteiger partial charge in [0.15, 0.2) is 5.69 Å². The average molecular weight is 396 g/mol. The molecular formula is C23H28N2O4. The molecule has 6 heteroatoms. The molecule has 29 heavy (non-hydrogen) atoms. The van der Waals surface area contributed by atoms with Crippen LogP contribution >= 0.6 is 0 Å². The lowest BCUT2D eigenvalue weighted by atomic mass is 10.0. The van der Waals surface area contributed by atoms with E-state index >= 15 is 0 Å². The van der Waals surface area contributed by atoms with Crippen molar-refractivity contribution in [2.45, 2.75) is 41.5 Å². The standard InChI is InChI=1S/C12H13NO2.C11H15NO2/c1-5-15-12(14)10-6-8(2)11(13-4)9(3)7-10;1-4-14-11(13)9-5-7(2)10(12)8(3)6-9/h6-7H,5H2,1-3H3;5-6H,4,12H2,1-3H3. The Morgan fingerprint density at radius 3 is 1.48 bits per heavy atom. The van der Waals surface area contributed by atoms with Gasteiger partial charge < -0.3 is 15.2 Å². The number of ether oxygens (including phenoxy) is 2. The first kappa shape index (κ1) is 23.7. The molecule has 154 valence electrons. The van der Waals surface area contributed by atoms with E-state index in [1.807, 2.05) is 27.7 Å². The number of rotatable bonds is 4. The molecule has 2 rings (SSSR count). The number of aryl methyl sites for hydroxylation is 4. The first-order valence-corrected chi connectivity index (χ1v) is 9.35. The van der Waals surface area contributed by atoms with Gasteiger partial charge in [-0.2, -0.15) is 0 Å². The lowest BCUT2D eigenvalue weighted by Crippen LogP contribution is -2.06. The maximum Gasteiger partial charge on any atom is 0.338 e. The molecule has 0 fully saturated rings. The Morgan fingerprint density at radius 2 is 1.17 bits per heavy atom. The average Bonchev–Trinajstić information content (AvgIpc) is 2.66. The SMILES string of the molecule is CCOC(=O)c1cc(C)c(N)c(C)c1.[C-]#[N+]c1c(C)cc(C(=O)OCC)cc1C. The third-order valence-corrected chi connectivity index (χ3v) is 4.22. The Kier molecular flexibility index (Phi) is 8.88. The van der Waals surface area contributed by atoms with E-state index in [0.29, 0.717) is 30.0 Å². The second kappa shape index (κ2) is 10.9. The van der Waals surface area contributed by atoms with Crippen LogP contribution in [0.4, 0.5) is 11.4 Å². The quantitative estimate of drug-likeness (QED) is 0.442. The van der Waals surface area contributed by atoms with Crippen molar-refractivity contribution in [3.63, 3.8) is 0 Å². The summed E-state index contributed by atoms with van der Waals surface area (Å²) >= 11 is 0. The Labute approximate surface area is 172 Å². The molecule has 0 radical (unpaired) electrons. The predicted molar refractivity (Wildman–Crippen MR) is 114 cm³/mol. The topological polar surface area (TPSA) is 83.0 Å². The summed E-state index contributed by atoms with van der Waals surface area (Å²) in [4.78, 5) is 26.3. The Bertz CT molecular complexity index is 896.